The summed E-state index contributed by atoms with van der Waals surface area (Å²) in [6.45, 7) is 2.51. The summed E-state index contributed by atoms with van der Waals surface area (Å²) >= 11 is 13.5. The molecule has 32 heavy (non-hydrogen) atoms. The zero-order chi connectivity index (χ0) is 22.5. The van der Waals surface area contributed by atoms with Crippen LogP contribution in [0.15, 0.2) is 70.4 Å². The van der Waals surface area contributed by atoms with E-state index >= 15 is 0 Å². The van der Waals surface area contributed by atoms with Gasteiger partial charge in [0.2, 0.25) is 11.7 Å². The first-order chi connectivity index (χ1) is 15.6. The molecule has 10 heteroatoms. The second kappa shape index (κ2) is 10.1. The van der Waals surface area contributed by atoms with Crippen molar-refractivity contribution in [2.24, 2.45) is 0 Å². The van der Waals surface area contributed by atoms with E-state index in [1.54, 1.807) is 36.6 Å². The Morgan fingerprint density at radius 2 is 1.84 bits per heavy atom. The number of ether oxygens (including phenoxy) is 1. The van der Waals surface area contributed by atoms with Gasteiger partial charge in [0.1, 0.15) is 5.75 Å². The number of carbonyl (C=O) groups is 1. The van der Waals surface area contributed by atoms with E-state index < -0.39 is 0 Å². The number of benzene rings is 2. The maximum absolute atomic E-state index is 12.5. The lowest BCUT2D eigenvalue weighted by Crippen LogP contribution is -2.15. The molecule has 0 atom stereocenters. The Morgan fingerprint density at radius 1 is 1.09 bits per heavy atom. The van der Waals surface area contributed by atoms with E-state index in [4.69, 9.17) is 32.4 Å². The molecule has 0 aliphatic carbocycles. The molecule has 0 bridgehead atoms. The number of rotatable bonds is 8. The molecular formula is C22H18Cl2N4O3S. The predicted octanol–water partition coefficient (Wildman–Crippen LogP) is 5.96. The van der Waals surface area contributed by atoms with Crippen molar-refractivity contribution in [3.05, 3.63) is 70.9 Å². The number of thioether (sulfide) groups is 1. The molecule has 0 saturated heterocycles. The Balaban J connectivity index is 1.58. The van der Waals surface area contributed by atoms with Crippen molar-refractivity contribution < 1.29 is 13.9 Å². The summed E-state index contributed by atoms with van der Waals surface area (Å²) in [4.78, 5) is 12.5. The standard InChI is InChI=1S/C22H18Cl2N4O3S/c1-2-30-15-10-8-14(9-11-15)28-21(18-7-4-12-31-18)26-27-22(28)32-13-19(29)25-20-16(23)5-3-6-17(20)24/h3-12H,2,13H2,1H3,(H,25,29). The minimum absolute atomic E-state index is 0.0782. The molecule has 164 valence electrons. The van der Waals surface area contributed by atoms with Gasteiger partial charge in [-0.15, -0.1) is 10.2 Å². The number of hydrogen-bond acceptors (Lipinski definition) is 6. The number of aromatic nitrogens is 3. The van der Waals surface area contributed by atoms with Crippen LogP contribution < -0.4 is 10.1 Å². The van der Waals surface area contributed by atoms with Gasteiger partial charge in [0.05, 0.1) is 40.0 Å². The van der Waals surface area contributed by atoms with Gasteiger partial charge in [0.25, 0.3) is 0 Å². The van der Waals surface area contributed by atoms with Gasteiger partial charge in [-0.3, -0.25) is 9.36 Å². The molecule has 4 aromatic rings. The minimum Gasteiger partial charge on any atom is -0.494 e. The summed E-state index contributed by atoms with van der Waals surface area (Å²) in [5, 5.41) is 12.6. The van der Waals surface area contributed by atoms with E-state index in [2.05, 4.69) is 15.5 Å². The largest absolute Gasteiger partial charge is 0.494 e. The average molecular weight is 489 g/mol. The Kier molecular flexibility index (Phi) is 7.04. The van der Waals surface area contributed by atoms with Crippen LogP contribution in [0.2, 0.25) is 10.0 Å². The first-order valence-corrected chi connectivity index (χ1v) is 11.4. The molecule has 2 heterocycles. The third-order valence-corrected chi connectivity index (χ3v) is 5.90. The Bertz CT molecular complexity index is 1190. The second-order valence-electron chi connectivity index (χ2n) is 6.48. The summed E-state index contributed by atoms with van der Waals surface area (Å²) in [5.41, 5.74) is 1.19. The van der Waals surface area contributed by atoms with Gasteiger partial charge in [-0.05, 0) is 55.5 Å². The van der Waals surface area contributed by atoms with Gasteiger partial charge >= 0.3 is 0 Å². The van der Waals surface area contributed by atoms with Crippen LogP contribution in [0.4, 0.5) is 5.69 Å². The Morgan fingerprint density at radius 3 is 2.50 bits per heavy atom. The van der Waals surface area contributed by atoms with Gasteiger partial charge in [0, 0.05) is 0 Å². The molecule has 0 fully saturated rings. The van der Waals surface area contributed by atoms with E-state index in [9.17, 15) is 4.79 Å². The summed E-state index contributed by atoms with van der Waals surface area (Å²) in [7, 11) is 0. The van der Waals surface area contributed by atoms with Crippen LogP contribution in [0.1, 0.15) is 6.92 Å². The Hall–Kier alpha value is -2.94. The zero-order valence-corrected chi connectivity index (χ0v) is 19.2. The molecule has 0 aliphatic rings. The van der Waals surface area contributed by atoms with E-state index in [0.717, 1.165) is 11.4 Å². The highest BCUT2D eigenvalue weighted by molar-refractivity contribution is 7.99. The highest BCUT2D eigenvalue weighted by Crippen LogP contribution is 2.31. The molecule has 7 nitrogen and oxygen atoms in total. The number of nitrogens with one attached hydrogen (secondary N) is 1. The highest BCUT2D eigenvalue weighted by atomic mass is 35.5. The van der Waals surface area contributed by atoms with Crippen LogP contribution >= 0.6 is 35.0 Å². The lowest BCUT2D eigenvalue weighted by molar-refractivity contribution is -0.113. The monoisotopic (exact) mass is 488 g/mol. The van der Waals surface area contributed by atoms with Crippen LogP contribution in [0.3, 0.4) is 0 Å². The number of furan rings is 1. The van der Waals surface area contributed by atoms with Gasteiger partial charge in [-0.1, -0.05) is 41.0 Å². The molecule has 4 rings (SSSR count). The number of para-hydroxylation sites is 1. The molecule has 0 spiro atoms. The lowest BCUT2D eigenvalue weighted by atomic mass is 10.3. The molecule has 2 aromatic heterocycles. The summed E-state index contributed by atoms with van der Waals surface area (Å²) in [6, 6.07) is 16.1. The van der Waals surface area contributed by atoms with E-state index in [0.29, 0.717) is 39.1 Å². The van der Waals surface area contributed by atoms with E-state index in [1.165, 1.54) is 11.8 Å². The number of carbonyl (C=O) groups excluding carboxylic acids is 1. The molecular weight excluding hydrogens is 471 g/mol. The number of nitrogens with zero attached hydrogens (tertiary/aromatic N) is 3. The normalized spacial score (nSPS) is 10.8. The second-order valence-corrected chi connectivity index (χ2v) is 8.24. The van der Waals surface area contributed by atoms with E-state index in [-0.39, 0.29) is 11.7 Å². The van der Waals surface area contributed by atoms with E-state index in [1.807, 2.05) is 35.8 Å². The van der Waals surface area contributed by atoms with Crippen molar-refractivity contribution in [3.8, 4) is 23.0 Å². The van der Waals surface area contributed by atoms with Crippen molar-refractivity contribution >= 4 is 46.6 Å². The molecule has 1 N–H and O–H groups in total. The van der Waals surface area contributed by atoms with Crippen molar-refractivity contribution in [1.82, 2.24) is 14.8 Å². The number of hydrogen-bond donors (Lipinski definition) is 1. The fraction of sp³-hybridized carbons (Fsp3) is 0.136. The van der Waals surface area contributed by atoms with Crippen LogP contribution in [-0.4, -0.2) is 33.0 Å². The van der Waals surface area contributed by atoms with Crippen LogP contribution in [-0.2, 0) is 4.79 Å². The average Bonchev–Trinajstić information content (AvgIpc) is 3.45. The predicted molar refractivity (Wildman–Crippen MR) is 126 cm³/mol. The van der Waals surface area contributed by atoms with Gasteiger partial charge in [-0.25, -0.2) is 0 Å². The smallest absolute Gasteiger partial charge is 0.234 e. The summed E-state index contributed by atoms with van der Waals surface area (Å²) in [6.07, 6.45) is 1.57. The Labute approximate surface area is 198 Å². The molecule has 0 unspecified atom stereocenters. The van der Waals surface area contributed by atoms with Gasteiger partial charge in [-0.2, -0.15) is 0 Å². The highest BCUT2D eigenvalue weighted by Gasteiger charge is 2.19. The third kappa shape index (κ3) is 4.93. The van der Waals surface area contributed by atoms with Crippen molar-refractivity contribution in [2.45, 2.75) is 12.1 Å². The SMILES string of the molecule is CCOc1ccc(-n2c(SCC(=O)Nc3c(Cl)cccc3Cl)nnc2-c2ccco2)cc1. The first kappa shape index (κ1) is 22.3. The molecule has 1 amide bonds. The van der Waals surface area contributed by atoms with Crippen molar-refractivity contribution in [2.75, 3.05) is 17.7 Å². The maximum atomic E-state index is 12.5. The molecule has 0 radical (unpaired) electrons. The van der Waals surface area contributed by atoms with Crippen LogP contribution in [0, 0.1) is 0 Å². The van der Waals surface area contributed by atoms with Crippen LogP contribution in [0.25, 0.3) is 17.3 Å². The number of amides is 1. The molecule has 2 aromatic carbocycles. The molecule has 0 saturated carbocycles. The maximum Gasteiger partial charge on any atom is 0.234 e. The summed E-state index contributed by atoms with van der Waals surface area (Å²) in [5.74, 6) is 1.65. The number of anilines is 1. The summed E-state index contributed by atoms with van der Waals surface area (Å²) < 4.78 is 12.9. The molecule has 0 aliphatic heterocycles. The topological polar surface area (TPSA) is 82.2 Å². The first-order valence-electron chi connectivity index (χ1n) is 9.66. The lowest BCUT2D eigenvalue weighted by Gasteiger charge is -2.11. The zero-order valence-electron chi connectivity index (χ0n) is 16.9. The number of halogens is 2. The van der Waals surface area contributed by atoms with Crippen molar-refractivity contribution in [1.29, 1.82) is 0 Å². The third-order valence-electron chi connectivity index (χ3n) is 4.34. The quantitative estimate of drug-likeness (QED) is 0.308. The van der Waals surface area contributed by atoms with Gasteiger partial charge < -0.3 is 14.5 Å². The fourth-order valence-electron chi connectivity index (χ4n) is 2.94. The fourth-order valence-corrected chi connectivity index (χ4v) is 4.19. The minimum atomic E-state index is -0.272. The van der Waals surface area contributed by atoms with Crippen molar-refractivity contribution in [3.63, 3.8) is 0 Å². The van der Waals surface area contributed by atoms with Crippen LogP contribution in [0.5, 0.6) is 5.75 Å². The van der Waals surface area contributed by atoms with Gasteiger partial charge in [0.15, 0.2) is 10.9 Å².